The number of benzene rings is 1. The molecule has 5 heteroatoms. The molecular formula is C12H13N5. The summed E-state index contributed by atoms with van der Waals surface area (Å²) in [6, 6.07) is 6.29. The Morgan fingerprint density at radius 3 is 3.00 bits per heavy atom. The van der Waals surface area contributed by atoms with Crippen LogP contribution in [0.2, 0.25) is 0 Å². The maximum atomic E-state index is 4.05. The molecule has 1 aromatic carbocycles. The molecular weight excluding hydrogens is 214 g/mol. The minimum atomic E-state index is 0.197. The van der Waals surface area contributed by atoms with E-state index < -0.39 is 0 Å². The third-order valence-corrected chi connectivity index (χ3v) is 2.87. The van der Waals surface area contributed by atoms with Crippen LogP contribution in [-0.2, 0) is 0 Å². The number of anilines is 1. The van der Waals surface area contributed by atoms with E-state index in [1.807, 2.05) is 36.8 Å². The van der Waals surface area contributed by atoms with E-state index in [0.717, 1.165) is 22.2 Å². The van der Waals surface area contributed by atoms with Gasteiger partial charge in [0.25, 0.3) is 0 Å². The first kappa shape index (κ1) is 9.89. The minimum absolute atomic E-state index is 0.197. The molecule has 0 amide bonds. The van der Waals surface area contributed by atoms with E-state index >= 15 is 0 Å². The van der Waals surface area contributed by atoms with E-state index in [1.54, 1.807) is 0 Å². The molecule has 1 atom stereocenters. The molecule has 0 radical (unpaired) electrons. The Hall–Kier alpha value is -2.30. The Bertz CT molecular complexity index is 611. The first-order chi connectivity index (χ1) is 8.34. The van der Waals surface area contributed by atoms with Crippen molar-refractivity contribution in [2.24, 2.45) is 0 Å². The molecule has 0 saturated carbocycles. The van der Waals surface area contributed by atoms with Gasteiger partial charge in [0.15, 0.2) is 0 Å². The summed E-state index contributed by atoms with van der Waals surface area (Å²) in [5.41, 5.74) is 3.21. The molecule has 3 rings (SSSR count). The van der Waals surface area contributed by atoms with Gasteiger partial charge < -0.3 is 5.32 Å². The zero-order valence-electron chi connectivity index (χ0n) is 9.44. The summed E-state index contributed by atoms with van der Waals surface area (Å²) < 4.78 is 0. The summed E-state index contributed by atoms with van der Waals surface area (Å²) in [5.74, 6) is 0. The van der Waals surface area contributed by atoms with Crippen molar-refractivity contribution in [1.82, 2.24) is 20.4 Å². The zero-order valence-corrected chi connectivity index (χ0v) is 9.44. The molecule has 0 saturated heterocycles. The Labute approximate surface area is 98.2 Å². The van der Waals surface area contributed by atoms with Gasteiger partial charge in [0, 0.05) is 17.1 Å². The molecule has 86 valence electrons. The highest BCUT2D eigenvalue weighted by molar-refractivity contribution is 5.90. The van der Waals surface area contributed by atoms with Crippen molar-refractivity contribution in [1.29, 1.82) is 0 Å². The first-order valence-electron chi connectivity index (χ1n) is 5.52. The summed E-state index contributed by atoms with van der Waals surface area (Å²) >= 11 is 0. The van der Waals surface area contributed by atoms with Crippen molar-refractivity contribution in [3.05, 3.63) is 42.4 Å². The molecule has 2 heterocycles. The van der Waals surface area contributed by atoms with Gasteiger partial charge in [-0.1, -0.05) is 12.1 Å². The van der Waals surface area contributed by atoms with Crippen LogP contribution in [0.15, 0.2) is 36.8 Å². The number of para-hydroxylation sites is 1. The number of hydrogen-bond acceptors (Lipinski definition) is 3. The van der Waals surface area contributed by atoms with Gasteiger partial charge in [-0.05, 0) is 13.0 Å². The van der Waals surface area contributed by atoms with Crippen molar-refractivity contribution in [3.63, 3.8) is 0 Å². The molecule has 1 unspecified atom stereocenters. The standard InChI is InChI=1S/C12H13N5/c1-8(10-6-13-14-7-10)16-11-4-2-3-9-5-15-17-12(9)11/h2-8,16H,1H3,(H,13,14)(H,15,17). The second-order valence-electron chi connectivity index (χ2n) is 4.04. The number of aromatic nitrogens is 4. The van der Waals surface area contributed by atoms with E-state index in [2.05, 4.69) is 32.6 Å². The Balaban J connectivity index is 1.92. The highest BCUT2D eigenvalue weighted by Crippen LogP contribution is 2.24. The molecule has 0 bridgehead atoms. The van der Waals surface area contributed by atoms with Crippen LogP contribution >= 0.6 is 0 Å². The molecule has 0 fully saturated rings. The van der Waals surface area contributed by atoms with Crippen LogP contribution in [0.5, 0.6) is 0 Å². The largest absolute Gasteiger partial charge is 0.377 e. The van der Waals surface area contributed by atoms with Crippen molar-refractivity contribution >= 4 is 16.6 Å². The van der Waals surface area contributed by atoms with Gasteiger partial charge in [-0.2, -0.15) is 10.2 Å². The molecule has 2 aromatic heterocycles. The lowest BCUT2D eigenvalue weighted by atomic mass is 10.1. The van der Waals surface area contributed by atoms with Gasteiger partial charge in [0.2, 0.25) is 0 Å². The Morgan fingerprint density at radius 1 is 1.24 bits per heavy atom. The fraction of sp³-hybridized carbons (Fsp3) is 0.167. The van der Waals surface area contributed by atoms with Gasteiger partial charge >= 0.3 is 0 Å². The number of aromatic amines is 2. The maximum Gasteiger partial charge on any atom is 0.0881 e. The van der Waals surface area contributed by atoms with E-state index in [-0.39, 0.29) is 6.04 Å². The number of nitrogens with zero attached hydrogens (tertiary/aromatic N) is 2. The van der Waals surface area contributed by atoms with E-state index in [4.69, 9.17) is 0 Å². The van der Waals surface area contributed by atoms with E-state index in [1.165, 1.54) is 0 Å². The van der Waals surface area contributed by atoms with Crippen LogP contribution in [-0.4, -0.2) is 20.4 Å². The maximum absolute atomic E-state index is 4.05. The molecule has 3 aromatic rings. The Kier molecular flexibility index (Phi) is 2.29. The minimum Gasteiger partial charge on any atom is -0.377 e. The van der Waals surface area contributed by atoms with Gasteiger partial charge in [-0.25, -0.2) is 0 Å². The molecule has 0 aliphatic rings. The average Bonchev–Trinajstić information content (AvgIpc) is 3.00. The van der Waals surface area contributed by atoms with Crippen LogP contribution in [0.3, 0.4) is 0 Å². The lowest BCUT2D eigenvalue weighted by Gasteiger charge is -2.13. The van der Waals surface area contributed by atoms with E-state index in [0.29, 0.717) is 0 Å². The summed E-state index contributed by atoms with van der Waals surface area (Å²) in [7, 11) is 0. The third-order valence-electron chi connectivity index (χ3n) is 2.87. The summed E-state index contributed by atoms with van der Waals surface area (Å²) in [6.07, 6.45) is 5.54. The fourth-order valence-electron chi connectivity index (χ4n) is 1.90. The summed E-state index contributed by atoms with van der Waals surface area (Å²) in [4.78, 5) is 0. The lowest BCUT2D eigenvalue weighted by molar-refractivity contribution is 0.887. The Morgan fingerprint density at radius 2 is 2.18 bits per heavy atom. The van der Waals surface area contributed by atoms with E-state index in [9.17, 15) is 0 Å². The predicted octanol–water partition coefficient (Wildman–Crippen LogP) is 2.46. The van der Waals surface area contributed by atoms with Crippen molar-refractivity contribution in [2.75, 3.05) is 5.32 Å². The number of H-pyrrole nitrogens is 2. The second kappa shape index (κ2) is 3.93. The molecule has 3 N–H and O–H groups in total. The van der Waals surface area contributed by atoms with Crippen molar-refractivity contribution in [2.45, 2.75) is 13.0 Å². The first-order valence-corrected chi connectivity index (χ1v) is 5.52. The summed E-state index contributed by atoms with van der Waals surface area (Å²) in [5, 5.41) is 18.4. The highest BCUT2D eigenvalue weighted by Gasteiger charge is 2.08. The number of rotatable bonds is 3. The van der Waals surface area contributed by atoms with Crippen LogP contribution in [0, 0.1) is 0 Å². The number of nitrogens with one attached hydrogen (secondary N) is 3. The van der Waals surface area contributed by atoms with Crippen molar-refractivity contribution in [3.8, 4) is 0 Å². The SMILES string of the molecule is CC(Nc1cccc2cn[nH]c12)c1cn[nH]c1. The highest BCUT2D eigenvalue weighted by atomic mass is 15.1. The quantitative estimate of drug-likeness (QED) is 0.643. The van der Waals surface area contributed by atoms with Gasteiger partial charge in [-0.3, -0.25) is 10.2 Å². The molecule has 0 aliphatic carbocycles. The smallest absolute Gasteiger partial charge is 0.0881 e. The lowest BCUT2D eigenvalue weighted by Crippen LogP contribution is -2.05. The normalized spacial score (nSPS) is 12.8. The molecule has 17 heavy (non-hydrogen) atoms. The topological polar surface area (TPSA) is 69.4 Å². The van der Waals surface area contributed by atoms with Gasteiger partial charge in [0.1, 0.15) is 0 Å². The number of fused-ring (bicyclic) bond motifs is 1. The van der Waals surface area contributed by atoms with Gasteiger partial charge in [0.05, 0.1) is 29.6 Å². The predicted molar refractivity (Wildman–Crippen MR) is 66.7 cm³/mol. The zero-order chi connectivity index (χ0) is 11.7. The third kappa shape index (κ3) is 1.75. The van der Waals surface area contributed by atoms with Crippen LogP contribution in [0.1, 0.15) is 18.5 Å². The molecule has 0 spiro atoms. The molecule has 5 nitrogen and oxygen atoms in total. The average molecular weight is 227 g/mol. The van der Waals surface area contributed by atoms with Gasteiger partial charge in [-0.15, -0.1) is 0 Å². The second-order valence-corrected chi connectivity index (χ2v) is 4.04. The van der Waals surface area contributed by atoms with Crippen molar-refractivity contribution < 1.29 is 0 Å². The number of hydrogen-bond donors (Lipinski definition) is 3. The van der Waals surface area contributed by atoms with Crippen LogP contribution < -0.4 is 5.32 Å². The molecule has 0 aliphatic heterocycles. The van der Waals surface area contributed by atoms with Crippen LogP contribution in [0.4, 0.5) is 5.69 Å². The monoisotopic (exact) mass is 227 g/mol. The fourth-order valence-corrected chi connectivity index (χ4v) is 1.90. The van der Waals surface area contributed by atoms with Crippen LogP contribution in [0.25, 0.3) is 10.9 Å². The summed E-state index contributed by atoms with van der Waals surface area (Å²) in [6.45, 7) is 2.10.